The van der Waals surface area contributed by atoms with Gasteiger partial charge in [-0.3, -0.25) is 0 Å². The second-order valence-electron chi connectivity index (χ2n) is 7.76. The first-order chi connectivity index (χ1) is 8.83. The molecule has 18 heavy (non-hydrogen) atoms. The molecule has 0 aromatic heterocycles. The van der Waals surface area contributed by atoms with Crippen molar-refractivity contribution in [3.05, 3.63) is 0 Å². The molecule has 0 amide bonds. The van der Waals surface area contributed by atoms with Gasteiger partial charge in [0, 0.05) is 12.1 Å². The van der Waals surface area contributed by atoms with Crippen LogP contribution in [0.15, 0.2) is 0 Å². The summed E-state index contributed by atoms with van der Waals surface area (Å²) >= 11 is 0. The third-order valence-electron chi connectivity index (χ3n) is 7.01. The van der Waals surface area contributed by atoms with Crippen LogP contribution in [0.4, 0.5) is 0 Å². The van der Waals surface area contributed by atoms with Gasteiger partial charge in [-0.2, -0.15) is 0 Å². The maximum atomic E-state index is 4.06. The smallest absolute Gasteiger partial charge is 0.0103 e. The molecule has 4 rings (SSSR count). The van der Waals surface area contributed by atoms with Crippen molar-refractivity contribution in [2.45, 2.75) is 76.8 Å². The van der Waals surface area contributed by atoms with Crippen LogP contribution in [0, 0.1) is 29.6 Å². The van der Waals surface area contributed by atoms with Gasteiger partial charge in [0.2, 0.25) is 0 Å². The van der Waals surface area contributed by atoms with Crippen LogP contribution in [0.2, 0.25) is 0 Å². The van der Waals surface area contributed by atoms with Crippen LogP contribution in [-0.4, -0.2) is 12.1 Å². The molecule has 4 saturated carbocycles. The average molecular weight is 247 g/mol. The monoisotopic (exact) mass is 247 g/mol. The molecule has 2 bridgehead atoms. The van der Waals surface area contributed by atoms with Crippen LogP contribution in [0.3, 0.4) is 0 Å². The van der Waals surface area contributed by atoms with Gasteiger partial charge in [0.15, 0.2) is 0 Å². The molecule has 0 heterocycles. The zero-order valence-electron chi connectivity index (χ0n) is 11.9. The Bertz CT molecular complexity index is 307. The van der Waals surface area contributed by atoms with Gasteiger partial charge in [0.05, 0.1) is 0 Å². The van der Waals surface area contributed by atoms with Gasteiger partial charge >= 0.3 is 0 Å². The highest BCUT2D eigenvalue weighted by Crippen LogP contribution is 2.58. The summed E-state index contributed by atoms with van der Waals surface area (Å²) < 4.78 is 0. The lowest BCUT2D eigenvalue weighted by molar-refractivity contribution is 0.188. The second-order valence-corrected chi connectivity index (χ2v) is 7.76. The summed E-state index contributed by atoms with van der Waals surface area (Å²) in [6, 6.07) is 1.68. The molecule has 0 aromatic carbocycles. The quantitative estimate of drug-likeness (QED) is 0.795. The summed E-state index contributed by atoms with van der Waals surface area (Å²) in [5.74, 6) is 5.43. The molecule has 0 radical (unpaired) electrons. The van der Waals surface area contributed by atoms with Crippen LogP contribution >= 0.6 is 0 Å². The van der Waals surface area contributed by atoms with E-state index in [0.29, 0.717) is 0 Å². The fourth-order valence-corrected chi connectivity index (χ4v) is 6.19. The second kappa shape index (κ2) is 4.51. The number of fused-ring (bicyclic) bond motifs is 5. The first-order valence-corrected chi connectivity index (χ1v) is 8.59. The highest BCUT2D eigenvalue weighted by Gasteiger charge is 2.53. The molecule has 0 aromatic rings. The Kier molecular flexibility index (Phi) is 2.94. The van der Waals surface area contributed by atoms with Crippen LogP contribution in [0.1, 0.15) is 64.7 Å². The Morgan fingerprint density at radius 3 is 2.44 bits per heavy atom. The molecule has 4 aliphatic rings. The Balaban J connectivity index is 1.39. The molecule has 0 spiro atoms. The first kappa shape index (κ1) is 11.8. The third kappa shape index (κ3) is 1.77. The van der Waals surface area contributed by atoms with Gasteiger partial charge in [-0.25, -0.2) is 0 Å². The third-order valence-corrected chi connectivity index (χ3v) is 7.01. The Morgan fingerprint density at radius 1 is 0.833 bits per heavy atom. The summed E-state index contributed by atoms with van der Waals surface area (Å²) in [5, 5.41) is 4.06. The van der Waals surface area contributed by atoms with Crippen molar-refractivity contribution in [3.8, 4) is 0 Å². The van der Waals surface area contributed by atoms with Crippen LogP contribution in [0.25, 0.3) is 0 Å². The number of hydrogen-bond donors (Lipinski definition) is 1. The number of hydrogen-bond acceptors (Lipinski definition) is 1. The largest absolute Gasteiger partial charge is 0.311 e. The summed E-state index contributed by atoms with van der Waals surface area (Å²) in [7, 11) is 0. The van der Waals surface area contributed by atoms with Crippen molar-refractivity contribution in [3.63, 3.8) is 0 Å². The molecule has 1 N–H and O–H groups in total. The van der Waals surface area contributed by atoms with E-state index in [0.717, 1.165) is 41.7 Å². The molecule has 1 nitrogen and oxygen atoms in total. The van der Waals surface area contributed by atoms with E-state index in [1.54, 1.807) is 19.3 Å². The normalized spacial score (nSPS) is 48.8. The lowest BCUT2D eigenvalue weighted by Gasteiger charge is -2.35. The van der Waals surface area contributed by atoms with Crippen molar-refractivity contribution in [1.82, 2.24) is 5.32 Å². The number of nitrogens with one attached hydrogen (secondary N) is 1. The van der Waals surface area contributed by atoms with Gasteiger partial charge in [-0.15, -0.1) is 0 Å². The van der Waals surface area contributed by atoms with E-state index in [-0.39, 0.29) is 0 Å². The SMILES string of the molecule is C[C@H](NC1CC2CC1C1CCCC21)C1CCCC1. The summed E-state index contributed by atoms with van der Waals surface area (Å²) in [6.07, 6.45) is 13.7. The summed E-state index contributed by atoms with van der Waals surface area (Å²) in [5.41, 5.74) is 0. The van der Waals surface area contributed by atoms with E-state index in [4.69, 9.17) is 0 Å². The summed E-state index contributed by atoms with van der Waals surface area (Å²) in [4.78, 5) is 0. The molecule has 1 heteroatoms. The first-order valence-electron chi connectivity index (χ1n) is 8.59. The topological polar surface area (TPSA) is 12.0 Å². The average Bonchev–Trinajstić information content (AvgIpc) is 3.11. The minimum absolute atomic E-state index is 0.789. The molecule has 5 unspecified atom stereocenters. The van der Waals surface area contributed by atoms with Gasteiger partial charge in [0.1, 0.15) is 0 Å². The lowest BCUT2D eigenvalue weighted by atomic mass is 9.78. The van der Waals surface area contributed by atoms with Crippen molar-refractivity contribution in [2.24, 2.45) is 29.6 Å². The highest BCUT2D eigenvalue weighted by atomic mass is 15.0. The van der Waals surface area contributed by atoms with Gasteiger partial charge < -0.3 is 5.32 Å². The van der Waals surface area contributed by atoms with E-state index in [1.165, 1.54) is 38.5 Å². The standard InChI is InChI=1S/C17H29N/c1-11(12-5-2-3-6-12)18-17-10-13-9-16(17)15-8-4-7-14(13)15/h11-18H,2-10H2,1H3/t11-,13?,14?,15?,16?,17?/m0/s1. The highest BCUT2D eigenvalue weighted by molar-refractivity contribution is 5.06. The maximum Gasteiger partial charge on any atom is 0.0103 e. The van der Waals surface area contributed by atoms with Crippen molar-refractivity contribution in [1.29, 1.82) is 0 Å². The molecule has 4 aliphatic carbocycles. The molecular weight excluding hydrogens is 218 g/mol. The van der Waals surface area contributed by atoms with Crippen molar-refractivity contribution in [2.75, 3.05) is 0 Å². The maximum absolute atomic E-state index is 4.06. The van der Waals surface area contributed by atoms with E-state index in [2.05, 4.69) is 12.2 Å². The Morgan fingerprint density at radius 2 is 1.61 bits per heavy atom. The Hall–Kier alpha value is -0.0400. The van der Waals surface area contributed by atoms with E-state index >= 15 is 0 Å². The van der Waals surface area contributed by atoms with Gasteiger partial charge in [-0.1, -0.05) is 19.3 Å². The zero-order valence-corrected chi connectivity index (χ0v) is 11.9. The van der Waals surface area contributed by atoms with Crippen molar-refractivity contribution < 1.29 is 0 Å². The van der Waals surface area contributed by atoms with Crippen LogP contribution < -0.4 is 5.32 Å². The molecule has 6 atom stereocenters. The zero-order chi connectivity index (χ0) is 12.1. The van der Waals surface area contributed by atoms with Gasteiger partial charge in [0.25, 0.3) is 0 Å². The molecule has 0 aliphatic heterocycles. The molecule has 102 valence electrons. The van der Waals surface area contributed by atoms with E-state index in [9.17, 15) is 0 Å². The van der Waals surface area contributed by atoms with Gasteiger partial charge in [-0.05, 0) is 75.0 Å². The predicted octanol–water partition coefficient (Wildman–Crippen LogP) is 3.98. The molecule has 4 fully saturated rings. The predicted molar refractivity (Wildman–Crippen MR) is 75.4 cm³/mol. The minimum atomic E-state index is 0.789. The Labute approximate surface area is 112 Å². The number of rotatable bonds is 3. The fourth-order valence-electron chi connectivity index (χ4n) is 6.19. The van der Waals surface area contributed by atoms with Crippen LogP contribution in [-0.2, 0) is 0 Å². The van der Waals surface area contributed by atoms with Crippen molar-refractivity contribution >= 4 is 0 Å². The fraction of sp³-hybridized carbons (Fsp3) is 1.00. The molecular formula is C17H29N. The molecule has 0 saturated heterocycles. The van der Waals surface area contributed by atoms with Crippen LogP contribution in [0.5, 0.6) is 0 Å². The minimum Gasteiger partial charge on any atom is -0.311 e. The van der Waals surface area contributed by atoms with E-state index < -0.39 is 0 Å². The van der Waals surface area contributed by atoms with E-state index in [1.807, 2.05) is 0 Å². The summed E-state index contributed by atoms with van der Waals surface area (Å²) in [6.45, 7) is 2.47. The lowest BCUT2D eigenvalue weighted by Crippen LogP contribution is -2.45.